The highest BCUT2D eigenvalue weighted by molar-refractivity contribution is 6.70. The molecule has 0 aliphatic heterocycles. The van der Waals surface area contributed by atoms with Gasteiger partial charge in [0.1, 0.15) is 5.76 Å². The number of rotatable bonds is 3. The van der Waals surface area contributed by atoms with E-state index in [2.05, 4.69) is 0 Å². The zero-order valence-electron chi connectivity index (χ0n) is 10.5. The maximum atomic E-state index is 12.9. The van der Waals surface area contributed by atoms with E-state index in [0.29, 0.717) is 0 Å². The standard InChI is InChI=1S/C12H22F2OSi/c1-16(2,3)15-11(12(13)14)10-8-6-4-5-7-9-10/h10H,4-9H2,1-3H3. The van der Waals surface area contributed by atoms with Crippen LogP contribution in [0.4, 0.5) is 8.78 Å². The fourth-order valence-corrected chi connectivity index (χ4v) is 3.05. The van der Waals surface area contributed by atoms with Gasteiger partial charge >= 0.3 is 6.08 Å². The minimum absolute atomic E-state index is 0.000988. The van der Waals surface area contributed by atoms with Gasteiger partial charge in [-0.05, 0) is 32.5 Å². The fourth-order valence-electron chi connectivity index (χ4n) is 2.15. The van der Waals surface area contributed by atoms with Gasteiger partial charge in [0.25, 0.3) is 0 Å². The summed E-state index contributed by atoms with van der Waals surface area (Å²) in [5.41, 5.74) is 0. The molecule has 1 aliphatic carbocycles. The van der Waals surface area contributed by atoms with Gasteiger partial charge in [-0.2, -0.15) is 8.78 Å². The summed E-state index contributed by atoms with van der Waals surface area (Å²) in [5, 5.41) is 0. The molecule has 0 N–H and O–H groups in total. The number of halogens is 2. The van der Waals surface area contributed by atoms with Crippen molar-refractivity contribution in [2.24, 2.45) is 5.92 Å². The molecular formula is C12H22F2OSi. The second-order valence-electron chi connectivity index (χ2n) is 5.53. The molecule has 94 valence electrons. The SMILES string of the molecule is C[Si](C)(C)OC(=C(F)F)C1CCCCCC1. The zero-order chi connectivity index (χ0) is 12.2. The van der Waals surface area contributed by atoms with E-state index in [1.54, 1.807) is 0 Å². The van der Waals surface area contributed by atoms with Crippen molar-refractivity contribution in [3.63, 3.8) is 0 Å². The van der Waals surface area contributed by atoms with Crippen LogP contribution in [-0.2, 0) is 4.43 Å². The van der Waals surface area contributed by atoms with E-state index in [1.807, 2.05) is 19.6 Å². The lowest BCUT2D eigenvalue weighted by Gasteiger charge is -2.26. The highest BCUT2D eigenvalue weighted by Gasteiger charge is 2.27. The van der Waals surface area contributed by atoms with Gasteiger partial charge in [-0.1, -0.05) is 25.7 Å². The van der Waals surface area contributed by atoms with Gasteiger partial charge in [-0.3, -0.25) is 0 Å². The third-order valence-corrected chi connectivity index (χ3v) is 3.66. The lowest BCUT2D eigenvalue weighted by Crippen LogP contribution is -2.27. The van der Waals surface area contributed by atoms with Crippen LogP contribution in [0.2, 0.25) is 19.6 Å². The molecule has 16 heavy (non-hydrogen) atoms. The molecule has 0 unspecified atom stereocenters. The van der Waals surface area contributed by atoms with Gasteiger partial charge in [-0.15, -0.1) is 0 Å². The van der Waals surface area contributed by atoms with E-state index in [4.69, 9.17) is 4.43 Å². The minimum Gasteiger partial charge on any atom is -0.543 e. The molecule has 0 saturated heterocycles. The van der Waals surface area contributed by atoms with Crippen molar-refractivity contribution in [3.05, 3.63) is 11.8 Å². The Morgan fingerprint density at radius 3 is 1.88 bits per heavy atom. The Kier molecular flexibility index (Phi) is 4.96. The summed E-state index contributed by atoms with van der Waals surface area (Å²) in [6.45, 7) is 5.85. The van der Waals surface area contributed by atoms with Crippen molar-refractivity contribution in [3.8, 4) is 0 Å². The van der Waals surface area contributed by atoms with E-state index >= 15 is 0 Å². The van der Waals surface area contributed by atoms with Gasteiger partial charge in [0.15, 0.2) is 0 Å². The topological polar surface area (TPSA) is 9.23 Å². The van der Waals surface area contributed by atoms with Crippen molar-refractivity contribution in [2.75, 3.05) is 0 Å². The largest absolute Gasteiger partial charge is 0.543 e. The summed E-state index contributed by atoms with van der Waals surface area (Å²) in [4.78, 5) is 0. The second-order valence-corrected chi connectivity index (χ2v) is 9.96. The van der Waals surface area contributed by atoms with E-state index in [0.717, 1.165) is 25.7 Å². The minimum atomic E-state index is -1.92. The molecule has 0 spiro atoms. The van der Waals surface area contributed by atoms with Crippen molar-refractivity contribution in [1.82, 2.24) is 0 Å². The van der Waals surface area contributed by atoms with E-state index in [9.17, 15) is 8.78 Å². The third kappa shape index (κ3) is 4.64. The van der Waals surface area contributed by atoms with E-state index < -0.39 is 14.4 Å². The summed E-state index contributed by atoms with van der Waals surface area (Å²) in [7, 11) is -1.92. The Morgan fingerprint density at radius 1 is 1.00 bits per heavy atom. The molecule has 1 rings (SSSR count). The maximum absolute atomic E-state index is 12.9. The van der Waals surface area contributed by atoms with Crippen molar-refractivity contribution < 1.29 is 13.2 Å². The molecule has 4 heteroatoms. The molecule has 1 nitrogen and oxygen atoms in total. The van der Waals surface area contributed by atoms with Crippen LogP contribution in [0.3, 0.4) is 0 Å². The normalized spacial score (nSPS) is 19.1. The molecule has 0 atom stereocenters. The summed E-state index contributed by atoms with van der Waals surface area (Å²) >= 11 is 0. The summed E-state index contributed by atoms with van der Waals surface area (Å²) in [6, 6.07) is 0. The van der Waals surface area contributed by atoms with Gasteiger partial charge in [0.2, 0.25) is 8.32 Å². The Labute approximate surface area is 98.0 Å². The Hall–Kier alpha value is -0.383. The van der Waals surface area contributed by atoms with Crippen LogP contribution in [0.1, 0.15) is 38.5 Å². The van der Waals surface area contributed by atoms with Gasteiger partial charge < -0.3 is 4.43 Å². The first-order chi connectivity index (χ1) is 7.40. The van der Waals surface area contributed by atoms with Crippen molar-refractivity contribution >= 4 is 8.32 Å². The molecule has 0 aromatic carbocycles. The molecular weight excluding hydrogens is 226 g/mol. The molecule has 0 bridgehead atoms. The Morgan fingerprint density at radius 2 is 1.50 bits per heavy atom. The first-order valence-electron chi connectivity index (χ1n) is 6.14. The van der Waals surface area contributed by atoms with Crippen LogP contribution in [-0.4, -0.2) is 8.32 Å². The molecule has 1 saturated carbocycles. The smallest absolute Gasteiger partial charge is 0.306 e. The van der Waals surface area contributed by atoms with Crippen molar-refractivity contribution in [1.29, 1.82) is 0 Å². The number of allylic oxidation sites excluding steroid dienone is 1. The molecule has 0 heterocycles. The highest BCUT2D eigenvalue weighted by Crippen LogP contribution is 2.33. The van der Waals surface area contributed by atoms with Crippen LogP contribution in [0.5, 0.6) is 0 Å². The van der Waals surface area contributed by atoms with Crippen LogP contribution in [0.15, 0.2) is 11.8 Å². The highest BCUT2D eigenvalue weighted by atomic mass is 28.4. The summed E-state index contributed by atoms with van der Waals surface area (Å²) in [5.74, 6) is -0.0414. The number of hydrogen-bond donors (Lipinski definition) is 0. The molecule has 0 amide bonds. The monoisotopic (exact) mass is 248 g/mol. The summed E-state index contributed by atoms with van der Waals surface area (Å²) < 4.78 is 31.4. The molecule has 0 radical (unpaired) electrons. The van der Waals surface area contributed by atoms with E-state index in [-0.39, 0.29) is 11.7 Å². The lowest BCUT2D eigenvalue weighted by molar-refractivity contribution is 0.262. The van der Waals surface area contributed by atoms with E-state index in [1.165, 1.54) is 12.8 Å². The first kappa shape index (κ1) is 13.7. The fraction of sp³-hybridized carbons (Fsp3) is 0.833. The average molecular weight is 248 g/mol. The maximum Gasteiger partial charge on any atom is 0.306 e. The van der Waals surface area contributed by atoms with Gasteiger partial charge in [0, 0.05) is 5.92 Å². The van der Waals surface area contributed by atoms with Gasteiger partial charge in [-0.25, -0.2) is 0 Å². The van der Waals surface area contributed by atoms with Crippen LogP contribution in [0, 0.1) is 5.92 Å². The van der Waals surface area contributed by atoms with Crippen LogP contribution < -0.4 is 0 Å². The van der Waals surface area contributed by atoms with Crippen LogP contribution in [0.25, 0.3) is 0 Å². The zero-order valence-corrected chi connectivity index (χ0v) is 11.5. The van der Waals surface area contributed by atoms with Crippen LogP contribution >= 0.6 is 0 Å². The molecule has 1 fully saturated rings. The Balaban J connectivity index is 2.73. The molecule has 0 aromatic heterocycles. The lowest BCUT2D eigenvalue weighted by atomic mass is 9.99. The molecule has 0 aromatic rings. The Bertz CT molecular complexity index is 246. The quantitative estimate of drug-likeness (QED) is 0.391. The first-order valence-corrected chi connectivity index (χ1v) is 9.55. The molecule has 1 aliphatic rings. The summed E-state index contributed by atoms with van der Waals surface area (Å²) in [6.07, 6.45) is 4.56. The predicted octanol–water partition coefficient (Wildman–Crippen LogP) is 4.92. The van der Waals surface area contributed by atoms with Crippen molar-refractivity contribution in [2.45, 2.75) is 58.2 Å². The average Bonchev–Trinajstić information content (AvgIpc) is 2.40. The number of hydrogen-bond acceptors (Lipinski definition) is 1. The predicted molar refractivity (Wildman–Crippen MR) is 64.9 cm³/mol. The second kappa shape index (κ2) is 5.80. The van der Waals surface area contributed by atoms with Gasteiger partial charge in [0.05, 0.1) is 0 Å². The third-order valence-electron chi connectivity index (χ3n) is 2.83.